The van der Waals surface area contributed by atoms with E-state index in [4.69, 9.17) is 9.47 Å². The van der Waals surface area contributed by atoms with Crippen LogP contribution in [0, 0.1) is 13.8 Å². The molecule has 1 amide bonds. The van der Waals surface area contributed by atoms with Crippen LogP contribution in [-0.2, 0) is 0 Å². The number of aryl methyl sites for hydroxylation is 2. The minimum Gasteiger partial charge on any atom is -0.497 e. The summed E-state index contributed by atoms with van der Waals surface area (Å²) < 4.78 is 11.8. The van der Waals surface area contributed by atoms with Crippen LogP contribution < -0.4 is 20.3 Å². The molecule has 0 aliphatic rings. The molecule has 2 aromatic heterocycles. The Labute approximate surface area is 147 Å². The number of amides is 1. The first kappa shape index (κ1) is 17.0. The van der Waals surface area contributed by atoms with Gasteiger partial charge in [0.15, 0.2) is 4.96 Å². The molecule has 0 radical (unpaired) electrons. The Morgan fingerprint density at radius 2 is 1.80 bits per heavy atom. The molecular formula is C17H17N3O4S. The van der Waals surface area contributed by atoms with Crippen molar-refractivity contribution in [2.24, 2.45) is 0 Å². The number of hydrogen-bond donors (Lipinski definition) is 1. The molecule has 0 fully saturated rings. The molecule has 0 aliphatic heterocycles. The molecule has 1 N–H and O–H groups in total. The van der Waals surface area contributed by atoms with Crippen LogP contribution in [0.15, 0.2) is 28.4 Å². The van der Waals surface area contributed by atoms with Gasteiger partial charge in [0.25, 0.3) is 11.5 Å². The lowest BCUT2D eigenvalue weighted by molar-refractivity contribution is 0.102. The van der Waals surface area contributed by atoms with E-state index in [9.17, 15) is 9.59 Å². The largest absolute Gasteiger partial charge is 0.497 e. The number of nitrogens with one attached hydrogen (secondary N) is 1. The number of nitrogens with zero attached hydrogens (tertiary/aromatic N) is 2. The van der Waals surface area contributed by atoms with Gasteiger partial charge in [-0.25, -0.2) is 4.98 Å². The van der Waals surface area contributed by atoms with Gasteiger partial charge in [0.05, 0.1) is 19.9 Å². The number of thiazole rings is 1. The van der Waals surface area contributed by atoms with Gasteiger partial charge >= 0.3 is 0 Å². The number of rotatable bonds is 4. The molecule has 0 spiro atoms. The van der Waals surface area contributed by atoms with E-state index < -0.39 is 5.91 Å². The van der Waals surface area contributed by atoms with E-state index in [1.807, 2.05) is 12.3 Å². The second kappa shape index (κ2) is 6.56. The Balaban J connectivity index is 2.03. The zero-order valence-electron chi connectivity index (χ0n) is 14.2. The number of carbonyl (C=O) groups excluding carboxylic acids is 1. The zero-order valence-corrected chi connectivity index (χ0v) is 15.1. The van der Waals surface area contributed by atoms with Gasteiger partial charge in [0.1, 0.15) is 17.2 Å². The number of methoxy groups -OCH3 is 2. The third-order valence-electron chi connectivity index (χ3n) is 3.77. The maximum absolute atomic E-state index is 12.7. The van der Waals surface area contributed by atoms with Crippen LogP contribution in [0.5, 0.6) is 11.5 Å². The van der Waals surface area contributed by atoms with E-state index in [0.29, 0.717) is 27.7 Å². The number of anilines is 1. The van der Waals surface area contributed by atoms with Crippen LogP contribution in [-0.4, -0.2) is 29.5 Å². The fourth-order valence-electron chi connectivity index (χ4n) is 2.45. The van der Waals surface area contributed by atoms with Gasteiger partial charge in [-0.3, -0.25) is 14.0 Å². The Morgan fingerprint density at radius 3 is 2.40 bits per heavy atom. The quantitative estimate of drug-likeness (QED) is 0.774. The summed E-state index contributed by atoms with van der Waals surface area (Å²) in [6.45, 7) is 3.51. The summed E-state index contributed by atoms with van der Waals surface area (Å²) in [5.41, 5.74) is 1.42. The summed E-state index contributed by atoms with van der Waals surface area (Å²) in [4.78, 5) is 30.3. The predicted octanol–water partition coefficient (Wildman–Crippen LogP) is 2.64. The van der Waals surface area contributed by atoms with E-state index in [-0.39, 0.29) is 11.2 Å². The highest BCUT2D eigenvalue weighted by Gasteiger charge is 2.17. The molecule has 1 aromatic carbocycles. The lowest BCUT2D eigenvalue weighted by Gasteiger charge is -2.10. The number of benzene rings is 1. The second-order valence-corrected chi connectivity index (χ2v) is 6.26. The summed E-state index contributed by atoms with van der Waals surface area (Å²) in [5.74, 6) is 0.535. The normalized spacial score (nSPS) is 10.7. The highest BCUT2D eigenvalue weighted by molar-refractivity contribution is 7.15. The van der Waals surface area contributed by atoms with Crippen molar-refractivity contribution >= 4 is 27.9 Å². The van der Waals surface area contributed by atoms with Gasteiger partial charge < -0.3 is 14.8 Å². The van der Waals surface area contributed by atoms with Gasteiger partial charge in [-0.15, -0.1) is 11.3 Å². The number of ether oxygens (including phenoxy) is 2. The number of carbonyl (C=O) groups is 1. The topological polar surface area (TPSA) is 81.9 Å². The summed E-state index contributed by atoms with van der Waals surface area (Å²) >= 11 is 1.38. The first-order valence-electron chi connectivity index (χ1n) is 7.46. The molecule has 0 atom stereocenters. The monoisotopic (exact) mass is 359 g/mol. The van der Waals surface area contributed by atoms with Crippen molar-refractivity contribution in [1.29, 1.82) is 0 Å². The Kier molecular flexibility index (Phi) is 4.45. The van der Waals surface area contributed by atoms with Crippen molar-refractivity contribution in [2.45, 2.75) is 13.8 Å². The Morgan fingerprint density at radius 1 is 1.16 bits per heavy atom. The second-order valence-electron chi connectivity index (χ2n) is 5.43. The third-order valence-corrected chi connectivity index (χ3v) is 4.72. The predicted molar refractivity (Wildman–Crippen MR) is 96.3 cm³/mol. The Bertz CT molecular complexity index is 1000. The highest BCUT2D eigenvalue weighted by Crippen LogP contribution is 2.23. The minimum absolute atomic E-state index is 0.158. The molecule has 130 valence electrons. The van der Waals surface area contributed by atoms with E-state index in [1.54, 1.807) is 25.1 Å². The zero-order chi connectivity index (χ0) is 18.1. The van der Waals surface area contributed by atoms with Gasteiger partial charge in [0.2, 0.25) is 0 Å². The first-order valence-corrected chi connectivity index (χ1v) is 8.34. The smallest absolute Gasteiger partial charge is 0.282 e. The highest BCUT2D eigenvalue weighted by atomic mass is 32.1. The van der Waals surface area contributed by atoms with Gasteiger partial charge in [0, 0.05) is 22.7 Å². The maximum Gasteiger partial charge on any atom is 0.282 e. The van der Waals surface area contributed by atoms with E-state index >= 15 is 0 Å². The molecule has 3 aromatic rings. The molecular weight excluding hydrogens is 342 g/mol. The van der Waals surface area contributed by atoms with Crippen LogP contribution in [0.4, 0.5) is 5.69 Å². The van der Waals surface area contributed by atoms with Crippen molar-refractivity contribution in [3.8, 4) is 11.5 Å². The average Bonchev–Trinajstić information content (AvgIpc) is 2.98. The number of hydrogen-bond acceptors (Lipinski definition) is 6. The van der Waals surface area contributed by atoms with Crippen LogP contribution in [0.1, 0.15) is 21.7 Å². The molecule has 25 heavy (non-hydrogen) atoms. The molecule has 3 rings (SSSR count). The molecule has 0 unspecified atom stereocenters. The average molecular weight is 359 g/mol. The standard InChI is InChI=1S/C17H17N3O4S/c1-9-8-25-17-18-10(2)14(16(22)20(9)17)19-15(21)11-5-12(23-3)7-13(6-11)24-4/h5-8H,1-4H3,(H,19,21). The first-order chi connectivity index (χ1) is 11.9. The molecule has 7 nitrogen and oxygen atoms in total. The van der Waals surface area contributed by atoms with E-state index in [1.165, 1.54) is 30.0 Å². The fraction of sp³-hybridized carbons (Fsp3) is 0.235. The lowest BCUT2D eigenvalue weighted by atomic mass is 10.2. The van der Waals surface area contributed by atoms with Gasteiger partial charge in [-0.05, 0) is 26.0 Å². The molecule has 0 saturated carbocycles. The minimum atomic E-state index is -0.438. The maximum atomic E-state index is 12.7. The van der Waals surface area contributed by atoms with Crippen LogP contribution in [0.2, 0.25) is 0 Å². The SMILES string of the molecule is COc1cc(OC)cc(C(=O)Nc2c(C)nc3scc(C)n3c2=O)c1. The lowest BCUT2D eigenvalue weighted by Crippen LogP contribution is -2.25. The van der Waals surface area contributed by atoms with Crippen LogP contribution >= 0.6 is 11.3 Å². The van der Waals surface area contributed by atoms with Crippen LogP contribution in [0.3, 0.4) is 0 Å². The van der Waals surface area contributed by atoms with Crippen molar-refractivity contribution in [2.75, 3.05) is 19.5 Å². The molecule has 0 saturated heterocycles. The van der Waals surface area contributed by atoms with Gasteiger partial charge in [-0.1, -0.05) is 0 Å². The third kappa shape index (κ3) is 3.08. The van der Waals surface area contributed by atoms with Crippen molar-refractivity contribution in [3.63, 3.8) is 0 Å². The van der Waals surface area contributed by atoms with E-state index in [0.717, 1.165) is 5.69 Å². The summed E-state index contributed by atoms with van der Waals surface area (Å²) in [5, 5.41) is 4.51. The summed E-state index contributed by atoms with van der Waals surface area (Å²) in [6, 6.07) is 4.82. The van der Waals surface area contributed by atoms with Crippen molar-refractivity contribution in [1.82, 2.24) is 9.38 Å². The fourth-order valence-corrected chi connectivity index (χ4v) is 3.36. The number of aromatic nitrogens is 2. The summed E-state index contributed by atoms with van der Waals surface area (Å²) in [7, 11) is 3.01. The Hall–Kier alpha value is -2.87. The molecule has 0 bridgehead atoms. The number of fused-ring (bicyclic) bond motifs is 1. The van der Waals surface area contributed by atoms with Gasteiger partial charge in [-0.2, -0.15) is 0 Å². The summed E-state index contributed by atoms with van der Waals surface area (Å²) in [6.07, 6.45) is 0. The van der Waals surface area contributed by atoms with Crippen molar-refractivity contribution < 1.29 is 14.3 Å². The van der Waals surface area contributed by atoms with E-state index in [2.05, 4.69) is 10.3 Å². The van der Waals surface area contributed by atoms with Crippen molar-refractivity contribution in [3.05, 3.63) is 50.9 Å². The molecule has 8 heteroatoms. The molecule has 2 heterocycles. The molecule has 0 aliphatic carbocycles. The van der Waals surface area contributed by atoms with Crippen LogP contribution in [0.25, 0.3) is 4.96 Å².